The molecule has 6 heteroatoms. The van der Waals surface area contributed by atoms with E-state index in [1.54, 1.807) is 11.0 Å². The average molecular weight is 322 g/mol. The molecule has 3 rings (SSSR count). The van der Waals surface area contributed by atoms with Gasteiger partial charge in [-0.25, -0.2) is 0 Å². The molecule has 0 radical (unpaired) electrons. The highest BCUT2D eigenvalue weighted by atomic mass is 35.5. The highest BCUT2D eigenvalue weighted by molar-refractivity contribution is 5.92. The number of benzene rings is 1. The molecule has 1 aliphatic rings. The molecule has 1 unspecified atom stereocenters. The lowest BCUT2D eigenvalue weighted by molar-refractivity contribution is -0.141. The van der Waals surface area contributed by atoms with Gasteiger partial charge in [0, 0.05) is 24.6 Å². The predicted octanol–water partition coefficient (Wildman–Crippen LogP) is 2.80. The summed E-state index contributed by atoms with van der Waals surface area (Å²) in [5.74, 6) is -0.863. The number of halogens is 1. The summed E-state index contributed by atoms with van der Waals surface area (Å²) in [5.41, 5.74) is 0.775. The molecule has 0 aliphatic carbocycles. The number of carbonyl (C=O) groups excluding carboxylic acids is 1. The van der Waals surface area contributed by atoms with Crippen molar-refractivity contribution in [2.24, 2.45) is 5.92 Å². The van der Waals surface area contributed by atoms with Crippen molar-refractivity contribution in [1.82, 2.24) is 4.90 Å². The van der Waals surface area contributed by atoms with Gasteiger partial charge in [-0.15, -0.1) is 12.4 Å². The Balaban J connectivity index is 0.00000176. The zero-order valence-corrected chi connectivity index (χ0v) is 12.6. The average Bonchev–Trinajstić information content (AvgIpc) is 3.11. The minimum absolute atomic E-state index is 0. The van der Waals surface area contributed by atoms with E-state index in [4.69, 9.17) is 9.52 Å². The number of carbonyl (C=O) groups is 2. The summed E-state index contributed by atoms with van der Waals surface area (Å²) < 4.78 is 5.59. The second-order valence-corrected chi connectivity index (χ2v) is 5.13. The number of hydrogen-bond donors (Lipinski definition) is 1. The molecule has 116 valence electrons. The number of hydrogen-bond acceptors (Lipinski definition) is 3. The number of para-hydroxylation sites is 1. The second-order valence-electron chi connectivity index (χ2n) is 5.13. The van der Waals surface area contributed by atoms with E-state index in [1.807, 2.05) is 30.3 Å². The van der Waals surface area contributed by atoms with Crippen LogP contribution in [0.15, 0.2) is 40.8 Å². The SMILES string of the molecule is Cl.O=C(O)C1CCN(C(=O)C=Cc2cc3ccccc3o2)C1. The standard InChI is InChI=1S/C16H15NO4.ClH/c18-15(17-8-7-12(10-17)16(19)20)6-5-13-9-11-3-1-2-4-14(11)21-13;/h1-6,9,12H,7-8,10H2,(H,19,20);1H. The van der Waals surface area contributed by atoms with E-state index < -0.39 is 11.9 Å². The Morgan fingerprint density at radius 3 is 2.77 bits per heavy atom. The normalized spacial score (nSPS) is 17.8. The van der Waals surface area contributed by atoms with Crippen LogP contribution < -0.4 is 0 Å². The van der Waals surface area contributed by atoms with Gasteiger partial charge in [0.1, 0.15) is 11.3 Å². The molecule has 1 N–H and O–H groups in total. The van der Waals surface area contributed by atoms with Crippen LogP contribution in [0.5, 0.6) is 0 Å². The third-order valence-corrected chi connectivity index (χ3v) is 3.68. The first-order valence-corrected chi connectivity index (χ1v) is 6.82. The predicted molar refractivity (Wildman–Crippen MR) is 84.8 cm³/mol. The zero-order valence-electron chi connectivity index (χ0n) is 11.8. The molecular formula is C16H16ClNO4. The van der Waals surface area contributed by atoms with Gasteiger partial charge in [0.2, 0.25) is 5.91 Å². The fraction of sp³-hybridized carbons (Fsp3) is 0.250. The van der Waals surface area contributed by atoms with Crippen molar-refractivity contribution in [1.29, 1.82) is 0 Å². The van der Waals surface area contributed by atoms with Gasteiger partial charge in [-0.05, 0) is 24.6 Å². The number of likely N-dealkylation sites (tertiary alicyclic amines) is 1. The third kappa shape index (κ3) is 3.31. The molecule has 1 aromatic carbocycles. The molecule has 5 nitrogen and oxygen atoms in total. The van der Waals surface area contributed by atoms with Crippen LogP contribution in [-0.4, -0.2) is 35.0 Å². The fourth-order valence-corrected chi connectivity index (χ4v) is 2.51. The van der Waals surface area contributed by atoms with Crippen molar-refractivity contribution in [2.45, 2.75) is 6.42 Å². The number of nitrogens with zero attached hydrogens (tertiary/aromatic N) is 1. The molecular weight excluding hydrogens is 306 g/mol. The summed E-state index contributed by atoms with van der Waals surface area (Å²) in [6.45, 7) is 0.763. The van der Waals surface area contributed by atoms with Gasteiger partial charge < -0.3 is 14.4 Å². The van der Waals surface area contributed by atoms with Crippen LogP contribution in [0.25, 0.3) is 17.0 Å². The molecule has 1 aliphatic heterocycles. The number of fused-ring (bicyclic) bond motifs is 1. The van der Waals surface area contributed by atoms with Crippen LogP contribution >= 0.6 is 12.4 Å². The van der Waals surface area contributed by atoms with Crippen molar-refractivity contribution in [3.8, 4) is 0 Å². The van der Waals surface area contributed by atoms with E-state index in [1.165, 1.54) is 6.08 Å². The first-order chi connectivity index (χ1) is 10.1. The van der Waals surface area contributed by atoms with E-state index in [0.29, 0.717) is 18.7 Å². The fourth-order valence-electron chi connectivity index (χ4n) is 2.51. The monoisotopic (exact) mass is 321 g/mol. The van der Waals surface area contributed by atoms with Crippen LogP contribution in [-0.2, 0) is 9.59 Å². The number of carboxylic acid groups (broad SMARTS) is 1. The molecule has 1 saturated heterocycles. The lowest BCUT2D eigenvalue weighted by Crippen LogP contribution is -2.28. The third-order valence-electron chi connectivity index (χ3n) is 3.68. The number of aliphatic carboxylic acids is 1. The first kappa shape index (κ1) is 16.1. The van der Waals surface area contributed by atoms with Gasteiger partial charge in [0.15, 0.2) is 0 Å². The van der Waals surface area contributed by atoms with Crippen LogP contribution in [0, 0.1) is 5.92 Å². The summed E-state index contributed by atoms with van der Waals surface area (Å²) in [4.78, 5) is 24.4. The summed E-state index contributed by atoms with van der Waals surface area (Å²) >= 11 is 0. The number of carboxylic acids is 1. The number of furan rings is 1. The molecule has 0 spiro atoms. The lowest BCUT2D eigenvalue weighted by Gasteiger charge is -2.12. The van der Waals surface area contributed by atoms with Crippen molar-refractivity contribution < 1.29 is 19.1 Å². The molecule has 0 bridgehead atoms. The Kier molecular flexibility index (Phi) is 4.88. The van der Waals surface area contributed by atoms with E-state index in [-0.39, 0.29) is 24.9 Å². The highest BCUT2D eigenvalue weighted by Crippen LogP contribution is 2.20. The van der Waals surface area contributed by atoms with E-state index >= 15 is 0 Å². The highest BCUT2D eigenvalue weighted by Gasteiger charge is 2.29. The van der Waals surface area contributed by atoms with Crippen molar-refractivity contribution in [2.75, 3.05) is 13.1 Å². The zero-order chi connectivity index (χ0) is 14.8. The maximum absolute atomic E-state index is 12.0. The smallest absolute Gasteiger partial charge is 0.308 e. The van der Waals surface area contributed by atoms with Crippen molar-refractivity contribution in [3.05, 3.63) is 42.2 Å². The topological polar surface area (TPSA) is 70.8 Å². The number of rotatable bonds is 3. The number of amides is 1. The van der Waals surface area contributed by atoms with Gasteiger partial charge in [-0.2, -0.15) is 0 Å². The minimum Gasteiger partial charge on any atom is -0.481 e. The maximum Gasteiger partial charge on any atom is 0.308 e. The summed E-state index contributed by atoms with van der Waals surface area (Å²) in [5, 5.41) is 9.91. The Morgan fingerprint density at radius 2 is 2.09 bits per heavy atom. The van der Waals surface area contributed by atoms with Crippen LogP contribution in [0.2, 0.25) is 0 Å². The molecule has 0 saturated carbocycles. The van der Waals surface area contributed by atoms with Gasteiger partial charge in [0.25, 0.3) is 0 Å². The van der Waals surface area contributed by atoms with Gasteiger partial charge in [-0.1, -0.05) is 18.2 Å². The second kappa shape index (κ2) is 6.66. The van der Waals surface area contributed by atoms with Crippen LogP contribution in [0.4, 0.5) is 0 Å². The van der Waals surface area contributed by atoms with Gasteiger partial charge in [-0.3, -0.25) is 9.59 Å². The Bertz CT molecular complexity index is 689. The summed E-state index contributed by atoms with van der Waals surface area (Å²) in [6.07, 6.45) is 3.57. The van der Waals surface area contributed by atoms with Crippen molar-refractivity contribution in [3.63, 3.8) is 0 Å². The molecule has 1 fully saturated rings. The molecule has 1 aromatic heterocycles. The lowest BCUT2D eigenvalue weighted by atomic mass is 10.1. The molecule has 1 atom stereocenters. The van der Waals surface area contributed by atoms with Gasteiger partial charge >= 0.3 is 5.97 Å². The molecule has 22 heavy (non-hydrogen) atoms. The van der Waals surface area contributed by atoms with Crippen LogP contribution in [0.3, 0.4) is 0 Å². The maximum atomic E-state index is 12.0. The molecule has 2 aromatic rings. The Hall–Kier alpha value is -2.27. The van der Waals surface area contributed by atoms with Crippen molar-refractivity contribution >= 4 is 41.3 Å². The minimum atomic E-state index is -0.841. The van der Waals surface area contributed by atoms with E-state index in [0.717, 1.165) is 11.0 Å². The first-order valence-electron chi connectivity index (χ1n) is 6.82. The van der Waals surface area contributed by atoms with E-state index in [2.05, 4.69) is 0 Å². The summed E-state index contributed by atoms with van der Waals surface area (Å²) in [6, 6.07) is 9.49. The quantitative estimate of drug-likeness (QED) is 0.882. The van der Waals surface area contributed by atoms with E-state index in [9.17, 15) is 9.59 Å². The Morgan fingerprint density at radius 1 is 1.32 bits per heavy atom. The van der Waals surface area contributed by atoms with Gasteiger partial charge in [0.05, 0.1) is 5.92 Å². The summed E-state index contributed by atoms with van der Waals surface area (Å²) in [7, 11) is 0. The largest absolute Gasteiger partial charge is 0.481 e. The molecule has 1 amide bonds. The molecule has 2 heterocycles. The van der Waals surface area contributed by atoms with Crippen LogP contribution in [0.1, 0.15) is 12.2 Å². The Labute approximate surface area is 133 Å².